The highest BCUT2D eigenvalue weighted by Gasteiger charge is 2.26. The van der Waals surface area contributed by atoms with Crippen LogP contribution in [-0.4, -0.2) is 44.4 Å². The number of amides is 2. The van der Waals surface area contributed by atoms with Crippen molar-refractivity contribution in [2.45, 2.75) is 12.8 Å². The molecule has 25 heavy (non-hydrogen) atoms. The molecule has 6 nitrogen and oxygen atoms in total. The maximum absolute atomic E-state index is 12.4. The topological polar surface area (TPSA) is 79.6 Å². The van der Waals surface area contributed by atoms with Crippen molar-refractivity contribution in [3.8, 4) is 11.3 Å². The SMILES string of the molecule is CS(=O)(=O)CC1CCCN(C(=O)Nc2ccc(-c3ccco3)cc2)C1. The Kier molecular flexibility index (Phi) is 5.13. The molecule has 0 aliphatic carbocycles. The number of urea groups is 1. The summed E-state index contributed by atoms with van der Waals surface area (Å²) in [6.07, 6.45) is 4.53. The first-order valence-corrected chi connectivity index (χ1v) is 10.3. The van der Waals surface area contributed by atoms with Crippen LogP contribution < -0.4 is 5.32 Å². The fourth-order valence-corrected chi connectivity index (χ4v) is 4.31. The Morgan fingerprint density at radius 3 is 2.68 bits per heavy atom. The van der Waals surface area contributed by atoms with E-state index in [-0.39, 0.29) is 17.7 Å². The van der Waals surface area contributed by atoms with Crippen LogP contribution in [0.5, 0.6) is 0 Å². The van der Waals surface area contributed by atoms with Gasteiger partial charge in [0.1, 0.15) is 15.6 Å². The molecular weight excluding hydrogens is 340 g/mol. The van der Waals surface area contributed by atoms with E-state index in [1.807, 2.05) is 36.4 Å². The molecule has 2 heterocycles. The van der Waals surface area contributed by atoms with E-state index in [0.29, 0.717) is 18.8 Å². The molecule has 134 valence electrons. The fraction of sp³-hybridized carbons (Fsp3) is 0.389. The minimum atomic E-state index is -3.03. The molecule has 1 atom stereocenters. The molecule has 1 saturated heterocycles. The number of likely N-dealkylation sites (tertiary alicyclic amines) is 1. The van der Waals surface area contributed by atoms with E-state index >= 15 is 0 Å². The number of nitrogens with zero attached hydrogens (tertiary/aromatic N) is 1. The first-order valence-electron chi connectivity index (χ1n) is 8.28. The predicted molar refractivity (Wildman–Crippen MR) is 97.2 cm³/mol. The lowest BCUT2D eigenvalue weighted by molar-refractivity contribution is 0.183. The first-order chi connectivity index (χ1) is 11.9. The van der Waals surface area contributed by atoms with E-state index in [1.54, 1.807) is 11.2 Å². The van der Waals surface area contributed by atoms with Crippen LogP contribution in [-0.2, 0) is 9.84 Å². The molecule has 0 radical (unpaired) electrons. The molecule has 0 saturated carbocycles. The van der Waals surface area contributed by atoms with E-state index in [9.17, 15) is 13.2 Å². The number of hydrogen-bond acceptors (Lipinski definition) is 4. The van der Waals surface area contributed by atoms with Crippen LogP contribution in [0.15, 0.2) is 47.1 Å². The van der Waals surface area contributed by atoms with Crippen molar-refractivity contribution in [2.24, 2.45) is 5.92 Å². The third-order valence-electron chi connectivity index (χ3n) is 4.29. The Labute approximate surface area is 147 Å². The van der Waals surface area contributed by atoms with Crippen molar-refractivity contribution < 1.29 is 17.6 Å². The summed E-state index contributed by atoms with van der Waals surface area (Å²) >= 11 is 0. The minimum Gasteiger partial charge on any atom is -0.464 e. The summed E-state index contributed by atoms with van der Waals surface area (Å²) in [6, 6.07) is 10.9. The zero-order chi connectivity index (χ0) is 17.9. The van der Waals surface area contributed by atoms with E-state index in [4.69, 9.17) is 4.42 Å². The van der Waals surface area contributed by atoms with Gasteiger partial charge in [0.05, 0.1) is 12.0 Å². The Bertz CT molecular complexity index is 813. The number of hydrogen-bond donors (Lipinski definition) is 1. The Balaban J connectivity index is 1.60. The van der Waals surface area contributed by atoms with Crippen LogP contribution in [0.1, 0.15) is 12.8 Å². The summed E-state index contributed by atoms with van der Waals surface area (Å²) in [5.74, 6) is 0.919. The Hall–Kier alpha value is -2.28. The highest BCUT2D eigenvalue weighted by molar-refractivity contribution is 7.90. The number of sulfone groups is 1. The highest BCUT2D eigenvalue weighted by atomic mass is 32.2. The van der Waals surface area contributed by atoms with Gasteiger partial charge in [-0.05, 0) is 55.2 Å². The van der Waals surface area contributed by atoms with Crippen molar-refractivity contribution in [3.05, 3.63) is 42.7 Å². The van der Waals surface area contributed by atoms with Crippen LogP contribution in [0.3, 0.4) is 0 Å². The van der Waals surface area contributed by atoms with Gasteiger partial charge in [0, 0.05) is 30.6 Å². The van der Waals surface area contributed by atoms with Crippen LogP contribution in [0.25, 0.3) is 11.3 Å². The summed E-state index contributed by atoms with van der Waals surface area (Å²) in [6.45, 7) is 1.12. The quantitative estimate of drug-likeness (QED) is 0.905. The molecule has 1 unspecified atom stereocenters. The number of rotatable bonds is 4. The molecule has 1 fully saturated rings. The molecule has 1 aliphatic heterocycles. The normalized spacial score (nSPS) is 18.1. The number of benzene rings is 1. The molecule has 2 aromatic rings. The fourth-order valence-electron chi connectivity index (χ4n) is 3.18. The van der Waals surface area contributed by atoms with E-state index in [2.05, 4.69) is 5.32 Å². The minimum absolute atomic E-state index is 0.0100. The highest BCUT2D eigenvalue weighted by Crippen LogP contribution is 2.23. The molecule has 2 amide bonds. The van der Waals surface area contributed by atoms with Gasteiger partial charge in [-0.2, -0.15) is 0 Å². The lowest BCUT2D eigenvalue weighted by atomic mass is 10.0. The van der Waals surface area contributed by atoms with Crippen LogP contribution >= 0.6 is 0 Å². The zero-order valence-electron chi connectivity index (χ0n) is 14.1. The number of furan rings is 1. The molecule has 1 N–H and O–H groups in total. The third kappa shape index (κ3) is 4.85. The largest absolute Gasteiger partial charge is 0.464 e. The smallest absolute Gasteiger partial charge is 0.321 e. The molecular formula is C18H22N2O4S. The van der Waals surface area contributed by atoms with Gasteiger partial charge in [-0.25, -0.2) is 13.2 Å². The maximum Gasteiger partial charge on any atom is 0.321 e. The average molecular weight is 362 g/mol. The van der Waals surface area contributed by atoms with E-state index in [0.717, 1.165) is 24.2 Å². The Morgan fingerprint density at radius 1 is 1.28 bits per heavy atom. The van der Waals surface area contributed by atoms with Crippen molar-refractivity contribution >= 4 is 21.6 Å². The van der Waals surface area contributed by atoms with Crippen LogP contribution in [0, 0.1) is 5.92 Å². The van der Waals surface area contributed by atoms with Gasteiger partial charge in [-0.3, -0.25) is 0 Å². The molecule has 1 aromatic heterocycles. The number of carbonyl (C=O) groups is 1. The molecule has 1 aliphatic rings. The summed E-state index contributed by atoms with van der Waals surface area (Å²) in [5, 5.41) is 2.87. The number of piperidine rings is 1. The molecule has 0 spiro atoms. The molecule has 7 heteroatoms. The van der Waals surface area contributed by atoms with E-state index in [1.165, 1.54) is 6.26 Å². The maximum atomic E-state index is 12.4. The predicted octanol–water partition coefficient (Wildman–Crippen LogP) is 3.24. The van der Waals surface area contributed by atoms with Gasteiger partial charge >= 0.3 is 6.03 Å². The first kappa shape index (κ1) is 17.5. The second kappa shape index (κ2) is 7.31. The van der Waals surface area contributed by atoms with Gasteiger partial charge in [0.2, 0.25) is 0 Å². The summed E-state index contributed by atoms with van der Waals surface area (Å²) in [4.78, 5) is 14.1. The number of anilines is 1. The Morgan fingerprint density at radius 2 is 2.04 bits per heavy atom. The number of nitrogens with one attached hydrogen (secondary N) is 1. The van der Waals surface area contributed by atoms with Crippen molar-refractivity contribution in [1.82, 2.24) is 4.90 Å². The second-order valence-corrected chi connectivity index (χ2v) is 8.72. The van der Waals surface area contributed by atoms with Gasteiger partial charge in [0.15, 0.2) is 0 Å². The summed E-state index contributed by atoms with van der Waals surface area (Å²) in [7, 11) is -3.03. The lowest BCUT2D eigenvalue weighted by Gasteiger charge is -2.32. The molecule has 3 rings (SSSR count). The van der Waals surface area contributed by atoms with Crippen molar-refractivity contribution in [1.29, 1.82) is 0 Å². The summed E-state index contributed by atoms with van der Waals surface area (Å²) in [5.41, 5.74) is 1.64. The standard InChI is InChI=1S/C18H22N2O4S/c1-25(22,23)13-14-4-2-10-20(12-14)18(21)19-16-8-6-15(7-9-16)17-5-3-11-24-17/h3,5-9,11,14H,2,4,10,12-13H2,1H3,(H,19,21). The van der Waals surface area contributed by atoms with E-state index < -0.39 is 9.84 Å². The zero-order valence-corrected chi connectivity index (χ0v) is 15.0. The monoisotopic (exact) mass is 362 g/mol. The van der Waals surface area contributed by atoms with Gasteiger partial charge in [-0.15, -0.1) is 0 Å². The van der Waals surface area contributed by atoms with Crippen molar-refractivity contribution in [3.63, 3.8) is 0 Å². The second-order valence-electron chi connectivity index (χ2n) is 6.53. The van der Waals surface area contributed by atoms with Crippen LogP contribution in [0.4, 0.5) is 10.5 Å². The van der Waals surface area contributed by atoms with Gasteiger partial charge in [0.25, 0.3) is 0 Å². The average Bonchev–Trinajstić information content (AvgIpc) is 3.08. The van der Waals surface area contributed by atoms with Crippen molar-refractivity contribution in [2.75, 3.05) is 30.4 Å². The third-order valence-corrected chi connectivity index (χ3v) is 5.36. The molecule has 1 aromatic carbocycles. The molecule has 0 bridgehead atoms. The van der Waals surface area contributed by atoms with Gasteiger partial charge in [-0.1, -0.05) is 0 Å². The van der Waals surface area contributed by atoms with Crippen LogP contribution in [0.2, 0.25) is 0 Å². The summed E-state index contributed by atoms with van der Waals surface area (Å²) < 4.78 is 28.3. The number of carbonyl (C=O) groups excluding carboxylic acids is 1. The van der Waals surface area contributed by atoms with Gasteiger partial charge < -0.3 is 14.6 Å². The lowest BCUT2D eigenvalue weighted by Crippen LogP contribution is -2.43.